The monoisotopic (exact) mass is 552 g/mol. The molecule has 0 saturated carbocycles. The average Bonchev–Trinajstić information content (AvgIpc) is 2.81. The molecule has 0 aliphatic rings. The van der Waals surface area contributed by atoms with Gasteiger partial charge in [0.2, 0.25) is 0 Å². The van der Waals surface area contributed by atoms with Crippen LogP contribution in [0.25, 0.3) is 33.3 Å². The fourth-order valence-electron chi connectivity index (χ4n) is 3.19. The number of nitrogens with one attached hydrogen (secondary N) is 4. The third-order valence-corrected chi connectivity index (χ3v) is 5.71. The van der Waals surface area contributed by atoms with Gasteiger partial charge in [-0.3, -0.25) is 29.5 Å². The summed E-state index contributed by atoms with van der Waals surface area (Å²) in [5.41, 5.74) is -2.25. The molecule has 0 atom stereocenters. The standard InChI is InChI=1S/C14H9ClFN3O3.C7H3Cl2N3O2/c1-22-9-4-2-3-8(16)10(9)11-7(15)5-6-12(17-11)18-14(21)19-13(6)20;8-3-1-2-5(10-4(3)9)11-7(14)12-6(2)13/h2-5H,1H3,(H2,17,18,19,20,21);1H,(H2,10,11,12,13,14). The molecule has 0 saturated heterocycles. The molecule has 0 fully saturated rings. The van der Waals surface area contributed by atoms with E-state index in [2.05, 4.69) is 29.9 Å². The summed E-state index contributed by atoms with van der Waals surface area (Å²) in [4.78, 5) is 61.9. The van der Waals surface area contributed by atoms with E-state index in [0.29, 0.717) is 0 Å². The summed E-state index contributed by atoms with van der Waals surface area (Å²) < 4.78 is 19.3. The van der Waals surface area contributed by atoms with Crippen LogP contribution < -0.4 is 27.2 Å². The molecule has 1 aromatic carbocycles. The fraction of sp³-hybridized carbons (Fsp3) is 0.0476. The zero-order chi connectivity index (χ0) is 26.1. The Balaban J connectivity index is 0.000000187. The number of aromatic nitrogens is 6. The van der Waals surface area contributed by atoms with Crippen LogP contribution in [-0.4, -0.2) is 37.0 Å². The number of nitrogens with zero attached hydrogens (tertiary/aromatic N) is 2. The van der Waals surface area contributed by atoms with Crippen molar-refractivity contribution in [2.75, 3.05) is 7.11 Å². The summed E-state index contributed by atoms with van der Waals surface area (Å²) >= 11 is 17.4. The second-order valence-electron chi connectivity index (χ2n) is 7.01. The highest BCUT2D eigenvalue weighted by Crippen LogP contribution is 2.36. The Labute approximate surface area is 212 Å². The Morgan fingerprint density at radius 2 is 1.36 bits per heavy atom. The number of hydrogen-bond acceptors (Lipinski definition) is 7. The van der Waals surface area contributed by atoms with Crippen LogP contribution in [0.5, 0.6) is 5.75 Å². The maximum absolute atomic E-state index is 14.1. The zero-order valence-electron chi connectivity index (χ0n) is 17.8. The third-order valence-electron chi connectivity index (χ3n) is 4.75. The Kier molecular flexibility index (Phi) is 6.93. The lowest BCUT2D eigenvalue weighted by molar-refractivity contribution is 0.413. The predicted octanol–water partition coefficient (Wildman–Crippen LogP) is 3.00. The van der Waals surface area contributed by atoms with Gasteiger partial charge in [-0.25, -0.2) is 23.9 Å². The molecule has 36 heavy (non-hydrogen) atoms. The minimum absolute atomic E-state index is 0.0125. The number of aromatic amines is 4. The molecule has 5 aromatic rings. The van der Waals surface area contributed by atoms with Crippen LogP contribution in [0.15, 0.2) is 49.5 Å². The lowest BCUT2D eigenvalue weighted by Crippen LogP contribution is -2.22. The van der Waals surface area contributed by atoms with Crippen molar-refractivity contribution in [2.24, 2.45) is 0 Å². The second-order valence-corrected chi connectivity index (χ2v) is 8.18. The van der Waals surface area contributed by atoms with Gasteiger partial charge in [0.05, 0.1) is 39.2 Å². The summed E-state index contributed by atoms with van der Waals surface area (Å²) in [5.74, 6) is -0.346. The normalized spacial score (nSPS) is 10.8. The molecule has 0 amide bonds. The van der Waals surface area contributed by atoms with E-state index >= 15 is 0 Å². The summed E-state index contributed by atoms with van der Waals surface area (Å²) in [5, 5.41) is 0.563. The molecule has 184 valence electrons. The fourth-order valence-corrected chi connectivity index (χ4v) is 3.73. The van der Waals surface area contributed by atoms with Crippen LogP contribution in [0, 0.1) is 5.82 Å². The first-order valence-corrected chi connectivity index (χ1v) is 10.9. The summed E-state index contributed by atoms with van der Waals surface area (Å²) in [6.45, 7) is 0. The van der Waals surface area contributed by atoms with E-state index < -0.39 is 28.3 Å². The van der Waals surface area contributed by atoms with Gasteiger partial charge in [-0.15, -0.1) is 0 Å². The summed E-state index contributed by atoms with van der Waals surface area (Å²) in [6, 6.07) is 6.95. The van der Waals surface area contributed by atoms with E-state index in [1.54, 1.807) is 6.07 Å². The van der Waals surface area contributed by atoms with Crippen molar-refractivity contribution in [2.45, 2.75) is 0 Å². The average molecular weight is 554 g/mol. The topological polar surface area (TPSA) is 166 Å². The second kappa shape index (κ2) is 9.93. The van der Waals surface area contributed by atoms with Crippen LogP contribution in [0.3, 0.4) is 0 Å². The summed E-state index contributed by atoms with van der Waals surface area (Å²) in [6.07, 6.45) is 0. The number of rotatable bonds is 2. The lowest BCUT2D eigenvalue weighted by atomic mass is 10.1. The van der Waals surface area contributed by atoms with Crippen LogP contribution in [0.2, 0.25) is 15.2 Å². The largest absolute Gasteiger partial charge is 0.496 e. The van der Waals surface area contributed by atoms with Gasteiger partial charge in [0.1, 0.15) is 28.0 Å². The first kappa shape index (κ1) is 25.1. The summed E-state index contributed by atoms with van der Waals surface area (Å²) in [7, 11) is 1.39. The highest BCUT2D eigenvalue weighted by Gasteiger charge is 2.18. The number of H-pyrrole nitrogens is 4. The number of ether oxygens (including phenoxy) is 1. The van der Waals surface area contributed by atoms with Crippen molar-refractivity contribution in [3.8, 4) is 17.0 Å². The number of halogens is 4. The first-order chi connectivity index (χ1) is 17.1. The van der Waals surface area contributed by atoms with Crippen molar-refractivity contribution < 1.29 is 9.13 Å². The quantitative estimate of drug-likeness (QED) is 0.244. The molecule has 0 bridgehead atoms. The van der Waals surface area contributed by atoms with E-state index in [1.807, 2.05) is 0 Å². The SMILES string of the molecule is COc1cccc(F)c1-c1nc2[nH]c(=O)[nH]c(=O)c2cc1Cl.O=c1[nH]c(=O)c2cc(Cl)c(Cl)nc2[nH]1. The molecule has 4 N–H and O–H groups in total. The van der Waals surface area contributed by atoms with Gasteiger partial charge in [0, 0.05) is 0 Å². The number of benzene rings is 1. The zero-order valence-corrected chi connectivity index (χ0v) is 20.1. The van der Waals surface area contributed by atoms with Gasteiger partial charge in [-0.05, 0) is 24.3 Å². The predicted molar refractivity (Wildman–Crippen MR) is 133 cm³/mol. The number of pyridine rings is 2. The maximum atomic E-state index is 14.1. The van der Waals surface area contributed by atoms with E-state index in [4.69, 9.17) is 39.5 Å². The molecule has 0 aliphatic carbocycles. The van der Waals surface area contributed by atoms with Crippen LogP contribution in [0.4, 0.5) is 4.39 Å². The molecule has 4 aromatic heterocycles. The van der Waals surface area contributed by atoms with Crippen molar-refractivity contribution in [1.82, 2.24) is 29.9 Å². The van der Waals surface area contributed by atoms with Crippen molar-refractivity contribution in [3.63, 3.8) is 0 Å². The molecule has 0 spiro atoms. The Morgan fingerprint density at radius 1 is 0.806 bits per heavy atom. The van der Waals surface area contributed by atoms with Crippen LogP contribution in [0.1, 0.15) is 0 Å². The molecule has 5 rings (SSSR count). The highest BCUT2D eigenvalue weighted by molar-refractivity contribution is 6.41. The molecular formula is C21H12Cl3FN6O5. The van der Waals surface area contributed by atoms with Crippen molar-refractivity contribution >= 4 is 56.9 Å². The molecular weight excluding hydrogens is 542 g/mol. The van der Waals surface area contributed by atoms with E-state index in [9.17, 15) is 23.6 Å². The number of hydrogen-bond donors (Lipinski definition) is 4. The third kappa shape index (κ3) is 4.87. The molecule has 0 unspecified atom stereocenters. The Morgan fingerprint density at radius 3 is 1.94 bits per heavy atom. The number of methoxy groups -OCH3 is 1. The Hall–Kier alpha value is -4.00. The number of fused-ring (bicyclic) bond motifs is 2. The Bertz CT molecular complexity index is 1880. The van der Waals surface area contributed by atoms with Crippen molar-refractivity contribution in [1.29, 1.82) is 0 Å². The highest BCUT2D eigenvalue weighted by atomic mass is 35.5. The van der Waals surface area contributed by atoms with Gasteiger partial charge in [0.15, 0.2) is 0 Å². The molecule has 4 heterocycles. The van der Waals surface area contributed by atoms with Crippen LogP contribution in [-0.2, 0) is 0 Å². The van der Waals surface area contributed by atoms with E-state index in [-0.39, 0.29) is 54.3 Å². The smallest absolute Gasteiger partial charge is 0.327 e. The first-order valence-electron chi connectivity index (χ1n) is 9.73. The minimum Gasteiger partial charge on any atom is -0.496 e. The maximum Gasteiger partial charge on any atom is 0.327 e. The van der Waals surface area contributed by atoms with E-state index in [0.717, 1.165) is 0 Å². The molecule has 15 heteroatoms. The molecule has 0 aliphatic heterocycles. The van der Waals surface area contributed by atoms with Gasteiger partial charge >= 0.3 is 11.4 Å². The van der Waals surface area contributed by atoms with Gasteiger partial charge < -0.3 is 4.74 Å². The molecule has 0 radical (unpaired) electrons. The molecule has 11 nitrogen and oxygen atoms in total. The lowest BCUT2D eigenvalue weighted by Gasteiger charge is -2.11. The minimum atomic E-state index is -0.709. The van der Waals surface area contributed by atoms with Gasteiger partial charge in [-0.2, -0.15) is 0 Å². The van der Waals surface area contributed by atoms with Crippen molar-refractivity contribution in [3.05, 3.63) is 93.0 Å². The van der Waals surface area contributed by atoms with E-state index in [1.165, 1.54) is 31.4 Å². The van der Waals surface area contributed by atoms with Crippen LogP contribution >= 0.6 is 34.8 Å². The van der Waals surface area contributed by atoms with Gasteiger partial charge in [-0.1, -0.05) is 40.9 Å². The van der Waals surface area contributed by atoms with Gasteiger partial charge in [0.25, 0.3) is 11.1 Å².